The Morgan fingerprint density at radius 3 is 1.08 bits per heavy atom. The molecule has 0 spiro atoms. The van der Waals surface area contributed by atoms with E-state index < -0.39 is 11.8 Å². The summed E-state index contributed by atoms with van der Waals surface area (Å²) in [5, 5.41) is 3.41. The van der Waals surface area contributed by atoms with Gasteiger partial charge in [-0.25, -0.2) is 19.9 Å². The van der Waals surface area contributed by atoms with E-state index in [0.29, 0.717) is 35.0 Å². The minimum Gasteiger partial charge on any atom is -0.373 e. The number of ketones is 1. The highest BCUT2D eigenvalue weighted by molar-refractivity contribution is 6.46. The Kier molecular flexibility index (Phi) is 16.9. The molecular formula is C79H60N6O. The molecule has 7 nitrogen and oxygen atoms in total. The van der Waals surface area contributed by atoms with E-state index in [4.69, 9.17) is 24.9 Å². The maximum atomic E-state index is 16.5. The van der Waals surface area contributed by atoms with E-state index in [1.807, 2.05) is 171 Å². The zero-order valence-corrected chi connectivity index (χ0v) is 47.6. The fraction of sp³-hybridized carbons (Fsp3) is 0.0380. The van der Waals surface area contributed by atoms with Gasteiger partial charge < -0.3 is 5.32 Å². The van der Waals surface area contributed by atoms with Crippen LogP contribution >= 0.6 is 0 Å². The largest absolute Gasteiger partial charge is 0.373 e. The molecular weight excluding hydrogens is 1050 g/mol. The fourth-order valence-corrected chi connectivity index (χ4v) is 10.7. The molecule has 0 saturated heterocycles. The number of nitrogens with zero attached hydrogens (tertiary/aromatic N) is 5. The third kappa shape index (κ3) is 13.0. The van der Waals surface area contributed by atoms with Crippen molar-refractivity contribution in [3.63, 3.8) is 0 Å². The lowest BCUT2D eigenvalue weighted by Gasteiger charge is -2.16. The monoisotopic (exact) mass is 1110 g/mol. The molecule has 0 aliphatic heterocycles. The molecule has 0 saturated carbocycles. The number of amidine groups is 2. The van der Waals surface area contributed by atoms with Crippen LogP contribution in [0, 0.1) is 0 Å². The molecule has 86 heavy (non-hydrogen) atoms. The van der Waals surface area contributed by atoms with Gasteiger partial charge in [-0.3, -0.25) is 9.79 Å². The van der Waals surface area contributed by atoms with Gasteiger partial charge in [-0.1, -0.05) is 261 Å². The molecule has 1 N–H and O–H groups in total. The van der Waals surface area contributed by atoms with Crippen LogP contribution in [-0.2, 0) is 0 Å². The Labute approximate surface area is 502 Å². The van der Waals surface area contributed by atoms with Crippen molar-refractivity contribution >= 4 is 23.0 Å². The highest BCUT2D eigenvalue weighted by atomic mass is 16.1. The van der Waals surface area contributed by atoms with Gasteiger partial charge in [0.25, 0.3) is 5.78 Å². The minimum absolute atomic E-state index is 0.100. The van der Waals surface area contributed by atoms with Crippen molar-refractivity contribution in [2.75, 3.05) is 7.05 Å². The standard InChI is InChI=1S/C79H60N6O/c1-3-55(56-28-12-4-13-29-56)44-45-73(63-42-26-11-27-43-63)81-78(82-75(80-2)70-49-64(57-30-14-5-15-31-57)46-65(50-70)58-32-16-6-17-33-58)74(86)79-84-76(71-51-66(59-34-18-7-19-35-59)47-67(52-71)60-36-20-8-21-37-60)83-77(85-79)72-53-68(61-38-22-9-23-39-61)48-69(54-72)62-40-24-10-25-41-62/h3-44,46-54,73H,1,45H2,2H3,(H,80,81,82)/b55-44+. The molecule has 12 rings (SSSR count). The summed E-state index contributed by atoms with van der Waals surface area (Å²) in [6.07, 6.45) is 4.38. The van der Waals surface area contributed by atoms with Crippen molar-refractivity contribution in [1.29, 1.82) is 0 Å². The molecule has 0 aliphatic carbocycles. The number of hydrogen-bond acceptors (Lipinski definition) is 5. The fourth-order valence-electron chi connectivity index (χ4n) is 10.7. The first-order valence-corrected chi connectivity index (χ1v) is 28.8. The van der Waals surface area contributed by atoms with E-state index in [-0.39, 0.29) is 11.7 Å². The first-order valence-electron chi connectivity index (χ1n) is 28.8. The summed E-state index contributed by atoms with van der Waals surface area (Å²) in [5.74, 6) is 0.221. The van der Waals surface area contributed by atoms with E-state index in [2.05, 4.69) is 157 Å². The van der Waals surface area contributed by atoms with Crippen LogP contribution in [0.25, 0.3) is 95.1 Å². The molecule has 1 heterocycles. The molecule has 1 aromatic heterocycles. The third-order valence-corrected chi connectivity index (χ3v) is 15.1. The predicted molar refractivity (Wildman–Crippen MR) is 356 cm³/mol. The molecule has 0 bridgehead atoms. The van der Waals surface area contributed by atoms with Crippen LogP contribution in [0.3, 0.4) is 0 Å². The Bertz CT molecular complexity index is 4080. The van der Waals surface area contributed by atoms with Crippen LogP contribution in [0.5, 0.6) is 0 Å². The molecule has 0 aliphatic rings. The lowest BCUT2D eigenvalue weighted by molar-refractivity contribution is 0.105. The van der Waals surface area contributed by atoms with Crippen LogP contribution in [0.15, 0.2) is 326 Å². The Hall–Kier alpha value is -11.3. The number of nitrogens with one attached hydrogen (secondary N) is 1. The first kappa shape index (κ1) is 55.3. The molecule has 0 fully saturated rings. The molecule has 11 aromatic carbocycles. The van der Waals surface area contributed by atoms with Gasteiger partial charge in [-0.2, -0.15) is 0 Å². The molecule has 12 aromatic rings. The summed E-state index contributed by atoms with van der Waals surface area (Å²) in [6, 6.07) is 100. The molecule has 0 amide bonds. The smallest absolute Gasteiger partial charge is 0.267 e. The normalized spacial score (nSPS) is 12.1. The quantitative estimate of drug-likeness (QED) is 0.0424. The zero-order valence-electron chi connectivity index (χ0n) is 47.6. The van der Waals surface area contributed by atoms with Gasteiger partial charge in [0.1, 0.15) is 5.84 Å². The van der Waals surface area contributed by atoms with Crippen molar-refractivity contribution < 1.29 is 4.79 Å². The summed E-state index contributed by atoms with van der Waals surface area (Å²) >= 11 is 0. The summed E-state index contributed by atoms with van der Waals surface area (Å²) in [5.41, 5.74) is 16.9. The maximum Gasteiger partial charge on any atom is 0.267 e. The summed E-state index contributed by atoms with van der Waals surface area (Å²) in [4.78, 5) is 43.1. The second kappa shape index (κ2) is 26.3. The van der Waals surface area contributed by atoms with Crippen molar-refractivity contribution in [1.82, 2.24) is 20.3 Å². The minimum atomic E-state index is -0.598. The van der Waals surface area contributed by atoms with Crippen molar-refractivity contribution in [3.8, 4) is 89.5 Å². The van der Waals surface area contributed by atoms with Crippen molar-refractivity contribution in [2.45, 2.75) is 12.5 Å². The van der Waals surface area contributed by atoms with Crippen LogP contribution in [0.1, 0.15) is 39.8 Å². The number of Topliss-reactive ketones (excluding diaryl/α,β-unsaturated/α-hetero) is 1. The van der Waals surface area contributed by atoms with Gasteiger partial charge in [0.15, 0.2) is 11.6 Å². The summed E-state index contributed by atoms with van der Waals surface area (Å²) in [6.45, 7) is 4.20. The predicted octanol–water partition coefficient (Wildman–Crippen LogP) is 18.9. The number of benzene rings is 11. The molecule has 0 radical (unpaired) electrons. The van der Waals surface area contributed by atoms with Crippen LogP contribution in [0.4, 0.5) is 0 Å². The van der Waals surface area contributed by atoms with E-state index in [0.717, 1.165) is 89.0 Å². The Morgan fingerprint density at radius 2 is 0.733 bits per heavy atom. The molecule has 412 valence electrons. The number of rotatable bonds is 17. The Morgan fingerprint density at radius 1 is 0.407 bits per heavy atom. The van der Waals surface area contributed by atoms with Crippen molar-refractivity contribution in [3.05, 3.63) is 338 Å². The van der Waals surface area contributed by atoms with Gasteiger partial charge in [-0.15, -0.1) is 0 Å². The highest BCUT2D eigenvalue weighted by Crippen LogP contribution is 2.36. The van der Waals surface area contributed by atoms with Gasteiger partial charge in [0.05, 0.1) is 6.04 Å². The first-order chi connectivity index (χ1) is 42.4. The van der Waals surface area contributed by atoms with E-state index in [1.54, 1.807) is 0 Å². The van der Waals surface area contributed by atoms with Crippen molar-refractivity contribution in [2.24, 2.45) is 9.98 Å². The van der Waals surface area contributed by atoms with E-state index >= 15 is 4.79 Å². The summed E-state index contributed by atoms with van der Waals surface area (Å²) < 4.78 is 0. The number of hydrogen-bond donors (Lipinski definition) is 1. The number of allylic oxidation sites excluding steroid dienone is 2. The van der Waals surface area contributed by atoms with Crippen LogP contribution in [-0.4, -0.2) is 39.5 Å². The van der Waals surface area contributed by atoms with E-state index in [1.165, 1.54) is 0 Å². The average molecular weight is 1110 g/mol. The average Bonchev–Trinajstić information content (AvgIpc) is 2.82. The Balaban J connectivity index is 1.11. The number of carbonyl (C=O) groups is 1. The lowest BCUT2D eigenvalue weighted by atomic mass is 9.95. The molecule has 1 atom stereocenters. The van der Waals surface area contributed by atoms with E-state index in [9.17, 15) is 0 Å². The van der Waals surface area contributed by atoms with Gasteiger partial charge in [-0.05, 0) is 144 Å². The second-order valence-electron chi connectivity index (χ2n) is 20.8. The third-order valence-electron chi connectivity index (χ3n) is 15.1. The lowest BCUT2D eigenvalue weighted by Crippen LogP contribution is -2.26. The number of aliphatic imine (C=N–C) groups is 2. The zero-order chi connectivity index (χ0) is 58.4. The topological polar surface area (TPSA) is 92.5 Å². The van der Waals surface area contributed by atoms with Crippen LogP contribution < -0.4 is 5.32 Å². The second-order valence-corrected chi connectivity index (χ2v) is 20.8. The highest BCUT2D eigenvalue weighted by Gasteiger charge is 2.26. The maximum absolute atomic E-state index is 16.5. The van der Waals surface area contributed by atoms with Gasteiger partial charge in [0.2, 0.25) is 11.7 Å². The molecule has 1 unspecified atom stereocenters. The molecule has 7 heteroatoms. The number of carbonyl (C=O) groups excluding carboxylic acids is 1. The summed E-state index contributed by atoms with van der Waals surface area (Å²) in [7, 11) is 1.82. The van der Waals surface area contributed by atoms with Gasteiger partial charge >= 0.3 is 0 Å². The van der Waals surface area contributed by atoms with Crippen LogP contribution in [0.2, 0.25) is 0 Å². The SMILES string of the molecule is C=C/C(=C\CC(N=C(/N=C(\NC)c1cc(-c2ccccc2)cc(-c2ccccc2)c1)C(=O)c1nc(-c2cc(-c3ccccc3)cc(-c3ccccc3)c2)nc(-c2cc(-c3ccccc3)cc(-c3ccccc3)c2)n1)c1ccccc1)c1ccccc1. The number of aromatic nitrogens is 3. The van der Waals surface area contributed by atoms with Gasteiger partial charge in [0, 0.05) is 23.7 Å².